The highest BCUT2D eigenvalue weighted by Crippen LogP contribution is 2.08. The van der Waals surface area contributed by atoms with Crippen molar-refractivity contribution in [3.05, 3.63) is 35.9 Å². The van der Waals surface area contributed by atoms with Crippen LogP contribution in [-0.2, 0) is 16.6 Å². The van der Waals surface area contributed by atoms with Gasteiger partial charge in [0.05, 0.1) is 11.1 Å². The van der Waals surface area contributed by atoms with Gasteiger partial charge in [0.25, 0.3) is 0 Å². The van der Waals surface area contributed by atoms with E-state index in [0.717, 1.165) is 11.3 Å². The van der Waals surface area contributed by atoms with Crippen LogP contribution in [0.15, 0.2) is 29.6 Å². The monoisotopic (exact) mass is 240 g/mol. The minimum Gasteiger partial charge on any atom is -0.366 e. The molecule has 2 heterocycles. The van der Waals surface area contributed by atoms with E-state index in [1.807, 2.05) is 6.92 Å². The van der Waals surface area contributed by atoms with Gasteiger partial charge in [0.15, 0.2) is 0 Å². The lowest BCUT2D eigenvalue weighted by Gasteiger charge is -2.03. The second-order valence-electron chi connectivity index (χ2n) is 3.39. The minimum absolute atomic E-state index is 0.230. The number of rotatable bonds is 4. The van der Waals surface area contributed by atoms with Crippen molar-refractivity contribution in [2.45, 2.75) is 18.4 Å². The smallest absolute Gasteiger partial charge is 0.242 e. The normalized spacial score (nSPS) is 11.8. The molecule has 0 aromatic carbocycles. The molecule has 7 heteroatoms. The first-order chi connectivity index (χ1) is 7.59. The largest absolute Gasteiger partial charge is 0.366 e. The molecule has 0 unspecified atom stereocenters. The number of aryl methyl sites for hydroxylation is 1. The number of H-pyrrole nitrogens is 2. The predicted octanol–water partition coefficient (Wildman–Crippen LogP) is 0.525. The minimum atomic E-state index is -3.43. The molecule has 0 aliphatic heterocycles. The number of hydrogen-bond donors (Lipinski definition) is 3. The molecular formula is C9H12N4O2S. The Balaban J connectivity index is 2.09. The summed E-state index contributed by atoms with van der Waals surface area (Å²) in [6, 6.07) is 1.50. The summed E-state index contributed by atoms with van der Waals surface area (Å²) in [5.74, 6) is 0. The molecule has 0 aliphatic rings. The molecule has 3 N–H and O–H groups in total. The summed E-state index contributed by atoms with van der Waals surface area (Å²) in [6.07, 6.45) is 4.61. The van der Waals surface area contributed by atoms with Crippen LogP contribution in [0.1, 0.15) is 11.3 Å². The highest BCUT2D eigenvalue weighted by Gasteiger charge is 2.14. The number of nitrogens with one attached hydrogen (secondary N) is 3. The number of nitrogens with zero attached hydrogens (tertiary/aromatic N) is 1. The van der Waals surface area contributed by atoms with Gasteiger partial charge in [-0.05, 0) is 13.0 Å². The van der Waals surface area contributed by atoms with Crippen molar-refractivity contribution in [3.63, 3.8) is 0 Å². The van der Waals surface area contributed by atoms with Gasteiger partial charge in [-0.2, -0.15) is 5.10 Å². The van der Waals surface area contributed by atoms with Gasteiger partial charge in [-0.3, -0.25) is 5.10 Å². The molecule has 0 amide bonds. The molecule has 0 spiro atoms. The Kier molecular flexibility index (Phi) is 2.80. The van der Waals surface area contributed by atoms with Gasteiger partial charge >= 0.3 is 0 Å². The summed E-state index contributed by atoms with van der Waals surface area (Å²) in [4.78, 5) is 2.93. The second-order valence-corrected chi connectivity index (χ2v) is 5.16. The van der Waals surface area contributed by atoms with E-state index in [-0.39, 0.29) is 11.4 Å². The molecule has 6 nitrogen and oxygen atoms in total. The molecule has 16 heavy (non-hydrogen) atoms. The molecule has 0 saturated carbocycles. The van der Waals surface area contributed by atoms with Gasteiger partial charge in [-0.15, -0.1) is 0 Å². The number of sulfonamides is 1. The summed E-state index contributed by atoms with van der Waals surface area (Å²) in [7, 11) is -3.43. The molecule has 2 rings (SSSR count). The summed E-state index contributed by atoms with van der Waals surface area (Å²) in [5, 5.41) is 6.57. The second kappa shape index (κ2) is 4.11. The number of hydrogen-bond acceptors (Lipinski definition) is 3. The van der Waals surface area contributed by atoms with Crippen LogP contribution in [0.3, 0.4) is 0 Å². The van der Waals surface area contributed by atoms with E-state index >= 15 is 0 Å². The molecule has 2 aromatic rings. The highest BCUT2D eigenvalue weighted by atomic mass is 32.2. The van der Waals surface area contributed by atoms with Gasteiger partial charge < -0.3 is 4.98 Å². The van der Waals surface area contributed by atoms with Crippen molar-refractivity contribution in [1.29, 1.82) is 0 Å². The first-order valence-electron chi connectivity index (χ1n) is 4.71. The fourth-order valence-electron chi connectivity index (χ4n) is 1.29. The Morgan fingerprint density at radius 1 is 1.50 bits per heavy atom. The summed E-state index contributed by atoms with van der Waals surface area (Å²) in [5.41, 5.74) is 1.69. The van der Waals surface area contributed by atoms with Crippen LogP contribution in [0, 0.1) is 6.92 Å². The fourth-order valence-corrected chi connectivity index (χ4v) is 2.27. The first kappa shape index (κ1) is 10.9. The standard InChI is InChI=1S/C9H12N4O2S/c1-7-8(4-11-13-7)5-12-16(14,15)9-2-3-10-6-9/h2-4,6,10,12H,5H2,1H3,(H,11,13). The van der Waals surface area contributed by atoms with Gasteiger partial charge in [-0.1, -0.05) is 0 Å². The lowest BCUT2D eigenvalue weighted by molar-refractivity contribution is 0.581. The zero-order valence-corrected chi connectivity index (χ0v) is 9.50. The molecule has 0 saturated heterocycles. The Bertz CT molecular complexity index is 556. The van der Waals surface area contributed by atoms with E-state index in [1.54, 1.807) is 12.4 Å². The van der Waals surface area contributed by atoms with E-state index in [9.17, 15) is 8.42 Å². The van der Waals surface area contributed by atoms with Crippen LogP contribution >= 0.6 is 0 Å². The highest BCUT2D eigenvalue weighted by molar-refractivity contribution is 7.89. The van der Waals surface area contributed by atoms with E-state index in [4.69, 9.17) is 0 Å². The van der Waals surface area contributed by atoms with Gasteiger partial charge in [0.2, 0.25) is 10.0 Å². The van der Waals surface area contributed by atoms with Crippen molar-refractivity contribution in [1.82, 2.24) is 19.9 Å². The Labute approximate surface area is 93.1 Å². The molecule has 0 atom stereocenters. The lowest BCUT2D eigenvalue weighted by atomic mass is 10.3. The summed E-state index contributed by atoms with van der Waals surface area (Å²) < 4.78 is 26.0. The molecular weight excluding hydrogens is 228 g/mol. The Morgan fingerprint density at radius 3 is 2.88 bits per heavy atom. The van der Waals surface area contributed by atoms with Crippen LogP contribution < -0.4 is 4.72 Å². The average molecular weight is 240 g/mol. The topological polar surface area (TPSA) is 90.6 Å². The summed E-state index contributed by atoms with van der Waals surface area (Å²) in [6.45, 7) is 2.07. The van der Waals surface area contributed by atoms with Gasteiger partial charge in [-0.25, -0.2) is 13.1 Å². The lowest BCUT2D eigenvalue weighted by Crippen LogP contribution is -2.22. The van der Waals surface area contributed by atoms with Crippen LogP contribution in [0.25, 0.3) is 0 Å². The zero-order chi connectivity index (χ0) is 11.6. The van der Waals surface area contributed by atoms with Crippen LogP contribution in [0.5, 0.6) is 0 Å². The first-order valence-corrected chi connectivity index (χ1v) is 6.19. The third kappa shape index (κ3) is 2.15. The van der Waals surface area contributed by atoms with Crippen molar-refractivity contribution in [2.75, 3.05) is 0 Å². The van der Waals surface area contributed by atoms with Crippen molar-refractivity contribution in [2.24, 2.45) is 0 Å². The van der Waals surface area contributed by atoms with E-state index in [0.29, 0.717) is 0 Å². The molecule has 0 fully saturated rings. The number of aromatic amines is 2. The Hall–Kier alpha value is -1.60. The third-order valence-corrected chi connectivity index (χ3v) is 3.67. The van der Waals surface area contributed by atoms with Crippen molar-refractivity contribution >= 4 is 10.0 Å². The van der Waals surface area contributed by atoms with Gasteiger partial charge in [0, 0.05) is 30.2 Å². The molecule has 0 bridgehead atoms. The van der Waals surface area contributed by atoms with Crippen LogP contribution in [0.4, 0.5) is 0 Å². The van der Waals surface area contributed by atoms with E-state index in [1.165, 1.54) is 12.3 Å². The molecule has 86 valence electrons. The quantitative estimate of drug-likeness (QED) is 0.727. The maximum atomic E-state index is 11.7. The van der Waals surface area contributed by atoms with Crippen LogP contribution in [-0.4, -0.2) is 23.6 Å². The molecule has 0 aliphatic carbocycles. The van der Waals surface area contributed by atoms with Crippen LogP contribution in [0.2, 0.25) is 0 Å². The zero-order valence-electron chi connectivity index (χ0n) is 8.69. The third-order valence-electron chi connectivity index (χ3n) is 2.27. The SMILES string of the molecule is Cc1[nH]ncc1CNS(=O)(=O)c1cc[nH]c1. The number of aromatic nitrogens is 3. The van der Waals surface area contributed by atoms with E-state index < -0.39 is 10.0 Å². The molecule has 0 radical (unpaired) electrons. The maximum Gasteiger partial charge on any atom is 0.242 e. The Morgan fingerprint density at radius 2 is 2.31 bits per heavy atom. The summed E-state index contributed by atoms with van der Waals surface area (Å²) >= 11 is 0. The van der Waals surface area contributed by atoms with Gasteiger partial charge in [0.1, 0.15) is 0 Å². The predicted molar refractivity (Wildman–Crippen MR) is 58.1 cm³/mol. The average Bonchev–Trinajstić information content (AvgIpc) is 2.85. The maximum absolute atomic E-state index is 11.7. The van der Waals surface area contributed by atoms with Crippen molar-refractivity contribution in [3.8, 4) is 0 Å². The fraction of sp³-hybridized carbons (Fsp3) is 0.222. The van der Waals surface area contributed by atoms with Crippen molar-refractivity contribution < 1.29 is 8.42 Å². The van der Waals surface area contributed by atoms with E-state index in [2.05, 4.69) is 19.9 Å². The molecule has 2 aromatic heterocycles.